The number of rotatable bonds is 5. The van der Waals surface area contributed by atoms with Gasteiger partial charge in [0.15, 0.2) is 11.5 Å². The van der Waals surface area contributed by atoms with Gasteiger partial charge in [-0.15, -0.1) is 0 Å². The third kappa shape index (κ3) is 4.18. The first-order chi connectivity index (χ1) is 14.0. The van der Waals surface area contributed by atoms with Crippen LogP contribution in [-0.4, -0.2) is 62.0 Å². The number of carbonyl (C=O) groups excluding carboxylic acids is 2. The van der Waals surface area contributed by atoms with Crippen molar-refractivity contribution in [1.29, 1.82) is 0 Å². The minimum absolute atomic E-state index is 0.138. The molecule has 1 atom stereocenters. The summed E-state index contributed by atoms with van der Waals surface area (Å²) in [6, 6.07) is 11.5. The van der Waals surface area contributed by atoms with Gasteiger partial charge in [0, 0.05) is 26.2 Å². The second kappa shape index (κ2) is 8.94. The summed E-state index contributed by atoms with van der Waals surface area (Å²) in [6.07, 6.45) is 0. The van der Waals surface area contributed by atoms with Crippen LogP contribution < -0.4 is 9.47 Å². The van der Waals surface area contributed by atoms with Gasteiger partial charge in [-0.25, -0.2) is 4.39 Å². The molecule has 1 saturated heterocycles. The lowest BCUT2D eigenvalue weighted by atomic mass is 9.98. The Bertz CT molecular complexity index is 894. The summed E-state index contributed by atoms with van der Waals surface area (Å²) in [5.41, 5.74) is 0.809. The molecular formula is C22H25FN2O4. The number of ether oxygens (including phenoxy) is 2. The average molecular weight is 400 g/mol. The van der Waals surface area contributed by atoms with Crippen LogP contribution in [0.1, 0.15) is 28.8 Å². The van der Waals surface area contributed by atoms with Gasteiger partial charge < -0.3 is 19.3 Å². The van der Waals surface area contributed by atoms with E-state index in [4.69, 9.17) is 9.47 Å². The quantitative estimate of drug-likeness (QED) is 0.774. The number of methoxy groups -OCH3 is 2. The third-order valence-corrected chi connectivity index (χ3v) is 5.25. The molecule has 0 radical (unpaired) electrons. The number of carbonyl (C=O) groups is 2. The van der Waals surface area contributed by atoms with E-state index in [0.29, 0.717) is 48.8 Å². The van der Waals surface area contributed by atoms with E-state index >= 15 is 0 Å². The zero-order valence-corrected chi connectivity index (χ0v) is 16.9. The minimum Gasteiger partial charge on any atom is -0.493 e. The van der Waals surface area contributed by atoms with Gasteiger partial charge in [-0.05, 0) is 30.7 Å². The predicted molar refractivity (Wildman–Crippen MR) is 107 cm³/mol. The first-order valence-electron chi connectivity index (χ1n) is 9.51. The van der Waals surface area contributed by atoms with Crippen molar-refractivity contribution in [3.8, 4) is 11.5 Å². The Hall–Kier alpha value is -3.09. The van der Waals surface area contributed by atoms with Crippen molar-refractivity contribution in [2.24, 2.45) is 0 Å². The summed E-state index contributed by atoms with van der Waals surface area (Å²) in [5.74, 6) is -0.377. The smallest absolute Gasteiger partial charge is 0.257 e. The molecule has 1 fully saturated rings. The van der Waals surface area contributed by atoms with Crippen LogP contribution in [-0.2, 0) is 4.79 Å². The third-order valence-electron chi connectivity index (χ3n) is 5.25. The van der Waals surface area contributed by atoms with Gasteiger partial charge in [0.1, 0.15) is 5.82 Å². The predicted octanol–water partition coefficient (Wildman–Crippen LogP) is 2.93. The maximum absolute atomic E-state index is 14.0. The Kier molecular flexibility index (Phi) is 6.36. The molecule has 7 heteroatoms. The zero-order chi connectivity index (χ0) is 21.0. The lowest BCUT2D eigenvalue weighted by molar-refractivity contribution is -0.134. The number of para-hydroxylation sites is 1. The van der Waals surface area contributed by atoms with Gasteiger partial charge >= 0.3 is 0 Å². The summed E-state index contributed by atoms with van der Waals surface area (Å²) < 4.78 is 24.6. The molecule has 0 spiro atoms. The fourth-order valence-corrected chi connectivity index (χ4v) is 3.59. The number of hydrogen-bond acceptors (Lipinski definition) is 4. The summed E-state index contributed by atoms with van der Waals surface area (Å²) in [4.78, 5) is 29.1. The zero-order valence-electron chi connectivity index (χ0n) is 16.9. The number of benzene rings is 2. The number of nitrogens with zero attached hydrogens (tertiary/aromatic N) is 2. The number of piperazine rings is 1. The molecule has 0 aromatic heterocycles. The molecule has 1 aliphatic heterocycles. The topological polar surface area (TPSA) is 59.1 Å². The molecule has 1 unspecified atom stereocenters. The Labute approximate surface area is 169 Å². The molecule has 154 valence electrons. The number of hydrogen-bond donors (Lipinski definition) is 0. The molecule has 29 heavy (non-hydrogen) atoms. The molecule has 2 aromatic carbocycles. The van der Waals surface area contributed by atoms with Crippen molar-refractivity contribution in [2.45, 2.75) is 12.8 Å². The fourth-order valence-electron chi connectivity index (χ4n) is 3.59. The molecule has 3 rings (SSSR count). The number of amides is 2. The molecule has 0 saturated carbocycles. The largest absolute Gasteiger partial charge is 0.493 e. The van der Waals surface area contributed by atoms with Crippen LogP contribution in [0.2, 0.25) is 0 Å². The van der Waals surface area contributed by atoms with E-state index in [1.165, 1.54) is 20.3 Å². The second-order valence-corrected chi connectivity index (χ2v) is 6.90. The monoisotopic (exact) mass is 400 g/mol. The molecule has 2 aromatic rings. The van der Waals surface area contributed by atoms with E-state index in [9.17, 15) is 14.0 Å². The van der Waals surface area contributed by atoms with Gasteiger partial charge in [0.25, 0.3) is 5.91 Å². The van der Waals surface area contributed by atoms with Gasteiger partial charge in [-0.1, -0.05) is 24.3 Å². The molecule has 0 aliphatic carbocycles. The second-order valence-electron chi connectivity index (χ2n) is 6.90. The van der Waals surface area contributed by atoms with Crippen LogP contribution in [0.15, 0.2) is 42.5 Å². The Morgan fingerprint density at radius 3 is 2.21 bits per heavy atom. The molecule has 6 nitrogen and oxygen atoms in total. The minimum atomic E-state index is -0.572. The highest BCUT2D eigenvalue weighted by Gasteiger charge is 2.30. The maximum atomic E-state index is 14.0. The highest BCUT2D eigenvalue weighted by atomic mass is 19.1. The van der Waals surface area contributed by atoms with Crippen LogP contribution in [0.5, 0.6) is 11.5 Å². The SMILES string of the molecule is COc1cccc(C(=O)N2CCN(C(=O)C(C)c3ccccc3F)CC2)c1OC. The van der Waals surface area contributed by atoms with Crippen molar-refractivity contribution in [2.75, 3.05) is 40.4 Å². The van der Waals surface area contributed by atoms with Crippen molar-refractivity contribution >= 4 is 11.8 Å². The maximum Gasteiger partial charge on any atom is 0.257 e. The van der Waals surface area contributed by atoms with Crippen molar-refractivity contribution < 1.29 is 23.5 Å². The molecule has 0 N–H and O–H groups in total. The first kappa shape index (κ1) is 20.6. The van der Waals surface area contributed by atoms with Crippen molar-refractivity contribution in [3.63, 3.8) is 0 Å². The average Bonchev–Trinajstić information content (AvgIpc) is 2.77. The van der Waals surface area contributed by atoms with Crippen LogP contribution in [0.25, 0.3) is 0 Å². The first-order valence-corrected chi connectivity index (χ1v) is 9.51. The van der Waals surface area contributed by atoms with E-state index < -0.39 is 5.92 Å². The summed E-state index contributed by atoms with van der Waals surface area (Å²) in [5, 5.41) is 0. The summed E-state index contributed by atoms with van der Waals surface area (Å²) >= 11 is 0. The van der Waals surface area contributed by atoms with Crippen LogP contribution >= 0.6 is 0 Å². The van der Waals surface area contributed by atoms with E-state index in [1.807, 2.05) is 0 Å². The number of halogens is 1. The highest BCUT2D eigenvalue weighted by molar-refractivity contribution is 5.98. The molecule has 1 aliphatic rings. The van der Waals surface area contributed by atoms with E-state index in [0.717, 1.165) is 0 Å². The Balaban J connectivity index is 1.67. The van der Waals surface area contributed by atoms with Crippen molar-refractivity contribution in [1.82, 2.24) is 9.80 Å². The summed E-state index contributed by atoms with van der Waals surface area (Å²) in [7, 11) is 3.02. The van der Waals surface area contributed by atoms with E-state index in [-0.39, 0.29) is 17.6 Å². The lowest BCUT2D eigenvalue weighted by Gasteiger charge is -2.36. The Morgan fingerprint density at radius 2 is 1.59 bits per heavy atom. The van der Waals surface area contributed by atoms with Gasteiger partial charge in [-0.3, -0.25) is 9.59 Å². The fraction of sp³-hybridized carbons (Fsp3) is 0.364. The van der Waals surface area contributed by atoms with E-state index in [2.05, 4.69) is 0 Å². The van der Waals surface area contributed by atoms with Crippen LogP contribution in [0.4, 0.5) is 4.39 Å². The molecule has 2 amide bonds. The molecular weight excluding hydrogens is 375 g/mol. The summed E-state index contributed by atoms with van der Waals surface area (Å²) in [6.45, 7) is 3.30. The van der Waals surface area contributed by atoms with Gasteiger partial charge in [-0.2, -0.15) is 0 Å². The van der Waals surface area contributed by atoms with Gasteiger partial charge in [0.05, 0.1) is 25.7 Å². The van der Waals surface area contributed by atoms with Gasteiger partial charge in [0.2, 0.25) is 5.91 Å². The Morgan fingerprint density at radius 1 is 0.931 bits per heavy atom. The molecule has 0 bridgehead atoms. The molecule has 1 heterocycles. The van der Waals surface area contributed by atoms with Crippen LogP contribution in [0, 0.1) is 5.82 Å². The standard InChI is InChI=1S/C22H25FN2O4/c1-15(16-7-4-5-9-18(16)23)21(26)24-11-13-25(14-12-24)22(27)17-8-6-10-19(28-2)20(17)29-3/h4-10,15H,11-14H2,1-3H3. The van der Waals surface area contributed by atoms with Crippen molar-refractivity contribution in [3.05, 3.63) is 59.4 Å². The van der Waals surface area contributed by atoms with Crippen LogP contribution in [0.3, 0.4) is 0 Å². The lowest BCUT2D eigenvalue weighted by Crippen LogP contribution is -2.51. The normalized spacial score (nSPS) is 15.0. The highest BCUT2D eigenvalue weighted by Crippen LogP contribution is 2.31. The van der Waals surface area contributed by atoms with E-state index in [1.54, 1.807) is 53.1 Å².